The second-order valence-electron chi connectivity index (χ2n) is 4.37. The van der Waals surface area contributed by atoms with Crippen LogP contribution in [0.1, 0.15) is 18.5 Å². The standard InChI is InChI=1S/C10H16N4O2/c1-13-6-9(11-12-13)7-14-3-2-8(5-14)4-10(15)16/h6,8H,2-5,7H2,1H3,(H,15,16). The van der Waals surface area contributed by atoms with Crippen LogP contribution in [0.15, 0.2) is 6.20 Å². The van der Waals surface area contributed by atoms with E-state index in [0.717, 1.165) is 31.7 Å². The zero-order valence-corrected chi connectivity index (χ0v) is 9.33. The van der Waals surface area contributed by atoms with Crippen LogP contribution in [0, 0.1) is 5.92 Å². The van der Waals surface area contributed by atoms with E-state index in [1.54, 1.807) is 4.68 Å². The number of hydrogen-bond acceptors (Lipinski definition) is 4. The molecule has 1 unspecified atom stereocenters. The number of aryl methyl sites for hydroxylation is 1. The molecular weight excluding hydrogens is 208 g/mol. The molecule has 2 heterocycles. The van der Waals surface area contributed by atoms with Crippen LogP contribution in [0.5, 0.6) is 0 Å². The van der Waals surface area contributed by atoms with Gasteiger partial charge in [-0.2, -0.15) is 0 Å². The Morgan fingerprint density at radius 1 is 1.69 bits per heavy atom. The molecule has 0 spiro atoms. The van der Waals surface area contributed by atoms with Crippen molar-refractivity contribution in [2.24, 2.45) is 13.0 Å². The summed E-state index contributed by atoms with van der Waals surface area (Å²) in [5, 5.41) is 16.6. The molecule has 16 heavy (non-hydrogen) atoms. The quantitative estimate of drug-likeness (QED) is 0.786. The van der Waals surface area contributed by atoms with Gasteiger partial charge in [0.2, 0.25) is 0 Å². The predicted octanol–water partition coefficient (Wildman–Crippen LogP) is 0.112. The summed E-state index contributed by atoms with van der Waals surface area (Å²) in [5.74, 6) is -0.416. The highest BCUT2D eigenvalue weighted by atomic mass is 16.4. The van der Waals surface area contributed by atoms with Gasteiger partial charge in [0.15, 0.2) is 0 Å². The predicted molar refractivity (Wildman–Crippen MR) is 56.6 cm³/mol. The fourth-order valence-corrected chi connectivity index (χ4v) is 2.17. The number of carbonyl (C=O) groups is 1. The summed E-state index contributed by atoms with van der Waals surface area (Å²) in [7, 11) is 1.84. The minimum absolute atomic E-state index is 0.275. The average molecular weight is 224 g/mol. The molecule has 0 saturated carbocycles. The topological polar surface area (TPSA) is 71.2 Å². The van der Waals surface area contributed by atoms with Crippen LogP contribution < -0.4 is 0 Å². The maximum absolute atomic E-state index is 10.6. The number of carboxylic acids is 1. The van der Waals surface area contributed by atoms with Gasteiger partial charge in [-0.3, -0.25) is 14.4 Å². The van der Waals surface area contributed by atoms with Gasteiger partial charge in [-0.15, -0.1) is 5.10 Å². The normalized spacial score (nSPS) is 21.4. The molecule has 1 atom stereocenters. The molecule has 1 aliphatic heterocycles. The first-order chi connectivity index (χ1) is 7.63. The fourth-order valence-electron chi connectivity index (χ4n) is 2.17. The lowest BCUT2D eigenvalue weighted by molar-refractivity contribution is -0.138. The molecule has 88 valence electrons. The maximum Gasteiger partial charge on any atom is 0.303 e. The van der Waals surface area contributed by atoms with Crippen LogP contribution in [0.4, 0.5) is 0 Å². The lowest BCUT2D eigenvalue weighted by Crippen LogP contribution is -2.21. The minimum atomic E-state index is -0.702. The maximum atomic E-state index is 10.6. The van der Waals surface area contributed by atoms with Crippen LogP contribution in [-0.2, 0) is 18.4 Å². The molecule has 6 nitrogen and oxygen atoms in total. The number of hydrogen-bond donors (Lipinski definition) is 1. The zero-order chi connectivity index (χ0) is 11.5. The summed E-state index contributed by atoms with van der Waals surface area (Å²) in [6.07, 6.45) is 3.13. The highest BCUT2D eigenvalue weighted by Crippen LogP contribution is 2.20. The molecule has 1 aliphatic rings. The second-order valence-corrected chi connectivity index (χ2v) is 4.37. The van der Waals surface area contributed by atoms with Crippen molar-refractivity contribution >= 4 is 5.97 Å². The Kier molecular flexibility index (Phi) is 3.19. The van der Waals surface area contributed by atoms with Crippen LogP contribution in [-0.4, -0.2) is 44.1 Å². The SMILES string of the molecule is Cn1cc(CN2CCC(CC(=O)O)C2)nn1. The summed E-state index contributed by atoms with van der Waals surface area (Å²) in [6.45, 7) is 2.57. The van der Waals surface area contributed by atoms with Gasteiger partial charge >= 0.3 is 5.97 Å². The first-order valence-electron chi connectivity index (χ1n) is 5.43. The molecule has 0 radical (unpaired) electrons. The Morgan fingerprint density at radius 3 is 3.12 bits per heavy atom. The average Bonchev–Trinajstić information content (AvgIpc) is 2.76. The van der Waals surface area contributed by atoms with Gasteiger partial charge in [-0.05, 0) is 18.9 Å². The van der Waals surface area contributed by atoms with Crippen molar-refractivity contribution in [3.63, 3.8) is 0 Å². The van der Waals surface area contributed by atoms with Gasteiger partial charge in [-0.25, -0.2) is 0 Å². The van der Waals surface area contributed by atoms with E-state index in [9.17, 15) is 4.79 Å². The molecule has 1 saturated heterocycles. The molecule has 1 N–H and O–H groups in total. The molecule has 0 amide bonds. The summed E-state index contributed by atoms with van der Waals surface area (Å²) >= 11 is 0. The van der Waals surface area contributed by atoms with E-state index < -0.39 is 5.97 Å². The van der Waals surface area contributed by atoms with E-state index >= 15 is 0 Å². The first kappa shape index (κ1) is 11.1. The van der Waals surface area contributed by atoms with Crippen molar-refractivity contribution in [1.82, 2.24) is 19.9 Å². The highest BCUT2D eigenvalue weighted by Gasteiger charge is 2.24. The molecule has 1 fully saturated rings. The van der Waals surface area contributed by atoms with E-state index in [2.05, 4.69) is 15.2 Å². The summed E-state index contributed by atoms with van der Waals surface area (Å²) in [6, 6.07) is 0. The molecule has 1 aromatic rings. The summed E-state index contributed by atoms with van der Waals surface area (Å²) in [4.78, 5) is 12.8. The van der Waals surface area contributed by atoms with Crippen LogP contribution in [0.3, 0.4) is 0 Å². The van der Waals surface area contributed by atoms with E-state index in [0.29, 0.717) is 0 Å². The Labute approximate surface area is 93.9 Å². The van der Waals surface area contributed by atoms with Gasteiger partial charge < -0.3 is 5.11 Å². The van der Waals surface area contributed by atoms with Gasteiger partial charge in [0.05, 0.1) is 5.69 Å². The van der Waals surface area contributed by atoms with Crippen molar-refractivity contribution in [2.75, 3.05) is 13.1 Å². The van der Waals surface area contributed by atoms with Gasteiger partial charge in [0.25, 0.3) is 0 Å². The molecule has 0 aliphatic carbocycles. The third-order valence-electron chi connectivity index (χ3n) is 2.87. The van der Waals surface area contributed by atoms with Gasteiger partial charge in [0.1, 0.15) is 0 Å². The van der Waals surface area contributed by atoms with Gasteiger partial charge in [-0.1, -0.05) is 5.21 Å². The molecule has 0 aromatic carbocycles. The monoisotopic (exact) mass is 224 g/mol. The Bertz CT molecular complexity index is 377. The van der Waals surface area contributed by atoms with E-state index in [4.69, 9.17) is 5.11 Å². The van der Waals surface area contributed by atoms with E-state index in [1.807, 2.05) is 13.2 Å². The fraction of sp³-hybridized carbons (Fsp3) is 0.700. The van der Waals surface area contributed by atoms with E-state index in [1.165, 1.54) is 0 Å². The number of aliphatic carboxylic acids is 1. The Morgan fingerprint density at radius 2 is 2.50 bits per heavy atom. The van der Waals surface area contributed by atoms with Crippen molar-refractivity contribution in [2.45, 2.75) is 19.4 Å². The third-order valence-corrected chi connectivity index (χ3v) is 2.87. The molecule has 0 bridgehead atoms. The number of nitrogens with zero attached hydrogens (tertiary/aromatic N) is 4. The number of likely N-dealkylation sites (tertiary alicyclic amines) is 1. The van der Waals surface area contributed by atoms with Crippen molar-refractivity contribution in [3.8, 4) is 0 Å². The molecule has 1 aromatic heterocycles. The largest absolute Gasteiger partial charge is 0.481 e. The van der Waals surface area contributed by atoms with Crippen molar-refractivity contribution in [1.29, 1.82) is 0 Å². The summed E-state index contributed by atoms with van der Waals surface area (Å²) in [5.41, 5.74) is 0.943. The Hall–Kier alpha value is -1.43. The number of carboxylic acid groups (broad SMARTS) is 1. The van der Waals surface area contributed by atoms with Crippen molar-refractivity contribution in [3.05, 3.63) is 11.9 Å². The molecular formula is C10H16N4O2. The van der Waals surface area contributed by atoms with Gasteiger partial charge in [0, 0.05) is 32.8 Å². The molecule has 6 heteroatoms. The highest BCUT2D eigenvalue weighted by molar-refractivity contribution is 5.67. The van der Waals surface area contributed by atoms with Crippen molar-refractivity contribution < 1.29 is 9.90 Å². The third kappa shape index (κ3) is 2.79. The van der Waals surface area contributed by atoms with E-state index in [-0.39, 0.29) is 12.3 Å². The minimum Gasteiger partial charge on any atom is -0.481 e. The number of aromatic nitrogens is 3. The number of rotatable bonds is 4. The molecule has 2 rings (SSSR count). The smallest absolute Gasteiger partial charge is 0.303 e. The first-order valence-corrected chi connectivity index (χ1v) is 5.43. The lowest BCUT2D eigenvalue weighted by atomic mass is 10.1. The van der Waals surface area contributed by atoms with Crippen LogP contribution in [0.25, 0.3) is 0 Å². The van der Waals surface area contributed by atoms with Crippen LogP contribution in [0.2, 0.25) is 0 Å². The second kappa shape index (κ2) is 4.61. The van der Waals surface area contributed by atoms with Crippen LogP contribution >= 0.6 is 0 Å². The zero-order valence-electron chi connectivity index (χ0n) is 9.33. The summed E-state index contributed by atoms with van der Waals surface area (Å²) < 4.78 is 1.68. The Balaban J connectivity index is 1.82. The lowest BCUT2D eigenvalue weighted by Gasteiger charge is -2.13.